The number of nitrogens with two attached hydrogens (primary N) is 1. The Morgan fingerprint density at radius 2 is 2.29 bits per heavy atom. The summed E-state index contributed by atoms with van der Waals surface area (Å²) in [5.74, 6) is -0.118. The van der Waals surface area contributed by atoms with Gasteiger partial charge in [0, 0.05) is 20.3 Å². The molecule has 14 heavy (non-hydrogen) atoms. The van der Waals surface area contributed by atoms with Crippen LogP contribution in [-0.4, -0.2) is 28.8 Å². The summed E-state index contributed by atoms with van der Waals surface area (Å²) in [6.07, 6.45) is 3.39. The van der Waals surface area contributed by atoms with E-state index in [1.165, 1.54) is 4.90 Å². The zero-order valence-electron chi connectivity index (χ0n) is 8.47. The van der Waals surface area contributed by atoms with Crippen molar-refractivity contribution in [1.82, 2.24) is 9.78 Å². The van der Waals surface area contributed by atoms with Crippen LogP contribution in [0.15, 0.2) is 12.4 Å². The summed E-state index contributed by atoms with van der Waals surface area (Å²) in [6.45, 7) is 1.66. The second kappa shape index (κ2) is 4.97. The van der Waals surface area contributed by atoms with Gasteiger partial charge in [0.25, 0.3) is 0 Å². The lowest BCUT2D eigenvalue weighted by Crippen LogP contribution is -2.39. The van der Waals surface area contributed by atoms with Crippen LogP contribution in [-0.2, 0) is 11.8 Å². The molecule has 0 aliphatic rings. The Bertz CT molecular complexity index is 310. The molecule has 6 heteroatoms. The summed E-state index contributed by atoms with van der Waals surface area (Å²) in [7, 11) is 3.48. The average molecular weight is 219 g/mol. The van der Waals surface area contributed by atoms with Crippen LogP contribution in [0.5, 0.6) is 0 Å². The first-order chi connectivity index (χ1) is 6.02. The van der Waals surface area contributed by atoms with Crippen LogP contribution >= 0.6 is 12.4 Å². The SMILES string of the molecule is C[C@@H](N)C(=O)N(C)c1cnn(C)c1.Cl. The Hall–Kier alpha value is -1.07. The Kier molecular flexibility index (Phi) is 4.59. The number of amides is 1. The number of carbonyl (C=O) groups excluding carboxylic acids is 1. The number of carbonyl (C=O) groups is 1. The molecule has 0 saturated carbocycles. The number of anilines is 1. The van der Waals surface area contributed by atoms with E-state index in [2.05, 4.69) is 5.10 Å². The van der Waals surface area contributed by atoms with Crippen molar-refractivity contribution in [1.29, 1.82) is 0 Å². The molecular formula is C8H15ClN4O. The van der Waals surface area contributed by atoms with Gasteiger partial charge in [-0.2, -0.15) is 5.10 Å². The second-order valence-corrected chi connectivity index (χ2v) is 3.06. The van der Waals surface area contributed by atoms with Crippen molar-refractivity contribution in [2.24, 2.45) is 12.8 Å². The van der Waals surface area contributed by atoms with E-state index in [4.69, 9.17) is 5.73 Å². The predicted octanol–water partition coefficient (Wildman–Crippen LogP) is 0.152. The number of hydrogen-bond acceptors (Lipinski definition) is 3. The number of rotatable bonds is 2. The molecule has 0 aliphatic carbocycles. The average Bonchev–Trinajstić information content (AvgIpc) is 2.49. The van der Waals surface area contributed by atoms with Crippen LogP contribution in [0.25, 0.3) is 0 Å². The number of aromatic nitrogens is 2. The highest BCUT2D eigenvalue weighted by Crippen LogP contribution is 2.10. The first kappa shape index (κ1) is 12.9. The van der Waals surface area contributed by atoms with E-state index < -0.39 is 6.04 Å². The van der Waals surface area contributed by atoms with Gasteiger partial charge in [0.2, 0.25) is 5.91 Å². The summed E-state index contributed by atoms with van der Waals surface area (Å²) in [5.41, 5.74) is 6.22. The molecule has 0 aliphatic heterocycles. The molecule has 1 aromatic heterocycles. The van der Waals surface area contributed by atoms with E-state index in [-0.39, 0.29) is 18.3 Å². The summed E-state index contributed by atoms with van der Waals surface area (Å²) in [5, 5.41) is 3.96. The van der Waals surface area contributed by atoms with Crippen LogP contribution < -0.4 is 10.6 Å². The van der Waals surface area contributed by atoms with Crippen molar-refractivity contribution in [3.8, 4) is 0 Å². The minimum Gasteiger partial charge on any atom is -0.320 e. The van der Waals surface area contributed by atoms with Gasteiger partial charge in [0.1, 0.15) is 0 Å². The monoisotopic (exact) mass is 218 g/mol. The fourth-order valence-corrected chi connectivity index (χ4v) is 1.01. The Morgan fingerprint density at radius 1 is 1.71 bits per heavy atom. The van der Waals surface area contributed by atoms with Crippen LogP contribution in [0.4, 0.5) is 5.69 Å². The van der Waals surface area contributed by atoms with Gasteiger partial charge in [-0.05, 0) is 6.92 Å². The Balaban J connectivity index is 0.00000169. The third-order valence-electron chi connectivity index (χ3n) is 1.80. The maximum Gasteiger partial charge on any atom is 0.243 e. The molecule has 2 N–H and O–H groups in total. The van der Waals surface area contributed by atoms with Crippen LogP contribution in [0.1, 0.15) is 6.92 Å². The lowest BCUT2D eigenvalue weighted by molar-refractivity contribution is -0.119. The van der Waals surface area contributed by atoms with Crippen molar-refractivity contribution >= 4 is 24.0 Å². The van der Waals surface area contributed by atoms with Gasteiger partial charge in [0.05, 0.1) is 17.9 Å². The van der Waals surface area contributed by atoms with E-state index in [1.54, 1.807) is 38.1 Å². The molecular weight excluding hydrogens is 204 g/mol. The van der Waals surface area contributed by atoms with Crippen molar-refractivity contribution < 1.29 is 4.79 Å². The van der Waals surface area contributed by atoms with Crippen LogP contribution in [0, 0.1) is 0 Å². The number of nitrogens with zero attached hydrogens (tertiary/aromatic N) is 3. The Labute approximate surface area is 89.3 Å². The molecule has 0 fully saturated rings. The van der Waals surface area contributed by atoms with Crippen LogP contribution in [0.3, 0.4) is 0 Å². The number of aryl methyl sites for hydroxylation is 1. The molecule has 5 nitrogen and oxygen atoms in total. The largest absolute Gasteiger partial charge is 0.320 e. The maximum absolute atomic E-state index is 11.4. The minimum absolute atomic E-state index is 0. The molecule has 80 valence electrons. The van der Waals surface area contributed by atoms with Gasteiger partial charge in [-0.15, -0.1) is 12.4 Å². The van der Waals surface area contributed by atoms with Gasteiger partial charge in [-0.3, -0.25) is 9.48 Å². The molecule has 0 unspecified atom stereocenters. The zero-order valence-corrected chi connectivity index (χ0v) is 9.28. The highest BCUT2D eigenvalue weighted by molar-refractivity contribution is 5.95. The fourth-order valence-electron chi connectivity index (χ4n) is 1.01. The summed E-state index contributed by atoms with van der Waals surface area (Å²) in [6, 6.07) is -0.481. The lowest BCUT2D eigenvalue weighted by atomic mass is 10.3. The van der Waals surface area contributed by atoms with Crippen LogP contribution in [0.2, 0.25) is 0 Å². The third kappa shape index (κ3) is 2.71. The van der Waals surface area contributed by atoms with Crippen molar-refractivity contribution in [2.75, 3.05) is 11.9 Å². The smallest absolute Gasteiger partial charge is 0.243 e. The van der Waals surface area contributed by atoms with E-state index in [0.717, 1.165) is 5.69 Å². The third-order valence-corrected chi connectivity index (χ3v) is 1.80. The first-order valence-electron chi connectivity index (χ1n) is 4.04. The maximum atomic E-state index is 11.4. The lowest BCUT2D eigenvalue weighted by Gasteiger charge is -2.16. The Morgan fingerprint density at radius 3 is 2.64 bits per heavy atom. The summed E-state index contributed by atoms with van der Waals surface area (Å²) in [4.78, 5) is 12.9. The molecule has 1 atom stereocenters. The van der Waals surface area contributed by atoms with E-state index >= 15 is 0 Å². The fraction of sp³-hybridized carbons (Fsp3) is 0.500. The standard InChI is InChI=1S/C8H14N4O.ClH/c1-6(9)8(13)12(3)7-4-10-11(2)5-7;/h4-6H,9H2,1-3H3;1H/t6-;/m1./s1. The number of halogens is 1. The van der Waals surface area contributed by atoms with Gasteiger partial charge in [-0.1, -0.05) is 0 Å². The van der Waals surface area contributed by atoms with Crippen molar-refractivity contribution in [3.05, 3.63) is 12.4 Å². The molecule has 1 amide bonds. The molecule has 0 aromatic carbocycles. The van der Waals surface area contributed by atoms with Gasteiger partial charge < -0.3 is 10.6 Å². The van der Waals surface area contributed by atoms with Gasteiger partial charge in [-0.25, -0.2) is 0 Å². The number of likely N-dealkylation sites (N-methyl/N-ethyl adjacent to an activating group) is 1. The highest BCUT2D eigenvalue weighted by atomic mass is 35.5. The zero-order chi connectivity index (χ0) is 10.0. The highest BCUT2D eigenvalue weighted by Gasteiger charge is 2.15. The molecule has 1 aromatic rings. The normalized spacial score (nSPS) is 11.7. The van der Waals surface area contributed by atoms with Crippen molar-refractivity contribution in [3.63, 3.8) is 0 Å². The van der Waals surface area contributed by atoms with E-state index in [1.807, 2.05) is 0 Å². The van der Waals surface area contributed by atoms with Crippen molar-refractivity contribution in [2.45, 2.75) is 13.0 Å². The molecule has 1 rings (SSSR count). The molecule has 0 bridgehead atoms. The first-order valence-corrected chi connectivity index (χ1v) is 4.04. The molecule has 0 radical (unpaired) electrons. The molecule has 0 spiro atoms. The summed E-state index contributed by atoms with van der Waals surface area (Å²) >= 11 is 0. The molecule has 1 heterocycles. The predicted molar refractivity (Wildman–Crippen MR) is 57.5 cm³/mol. The number of hydrogen-bond donors (Lipinski definition) is 1. The van der Waals surface area contributed by atoms with Gasteiger partial charge >= 0.3 is 0 Å². The topological polar surface area (TPSA) is 64.2 Å². The molecule has 0 saturated heterocycles. The van der Waals surface area contributed by atoms with E-state index in [0.29, 0.717) is 0 Å². The second-order valence-electron chi connectivity index (χ2n) is 3.06. The minimum atomic E-state index is -0.481. The van der Waals surface area contributed by atoms with Gasteiger partial charge in [0.15, 0.2) is 0 Å². The summed E-state index contributed by atoms with van der Waals surface area (Å²) < 4.78 is 1.64. The quantitative estimate of drug-likeness (QED) is 0.769. The van der Waals surface area contributed by atoms with E-state index in [9.17, 15) is 4.79 Å².